The molecule has 2 unspecified atom stereocenters. The van der Waals surface area contributed by atoms with E-state index >= 15 is 0 Å². The Labute approximate surface area is 423 Å². The molecule has 11 aromatic carbocycles. The van der Waals surface area contributed by atoms with Crippen molar-refractivity contribution in [1.29, 1.82) is 0 Å². The molecule has 0 heterocycles. The van der Waals surface area contributed by atoms with E-state index in [9.17, 15) is 0 Å². The first kappa shape index (κ1) is 42.1. The summed E-state index contributed by atoms with van der Waals surface area (Å²) >= 11 is 0. The van der Waals surface area contributed by atoms with E-state index in [1.54, 1.807) is 0 Å². The first-order valence-corrected chi connectivity index (χ1v) is 25.3. The average Bonchev–Trinajstić information content (AvgIpc) is 4.01. The summed E-state index contributed by atoms with van der Waals surface area (Å²) in [6.07, 6.45) is 0. The van der Waals surface area contributed by atoms with Gasteiger partial charge in [-0.25, -0.2) is 0 Å². The maximum Gasteiger partial charge on any atom is 0.0714 e. The van der Waals surface area contributed by atoms with Gasteiger partial charge >= 0.3 is 0 Å². The summed E-state index contributed by atoms with van der Waals surface area (Å²) in [6.45, 7) is 4.81. The van der Waals surface area contributed by atoms with Gasteiger partial charge < -0.3 is 4.90 Å². The number of hydrogen-bond acceptors (Lipinski definition) is 1. The molecular weight excluding hydrogens is 867 g/mol. The van der Waals surface area contributed by atoms with Gasteiger partial charge in [-0.2, -0.15) is 0 Å². The molecule has 0 saturated carbocycles. The van der Waals surface area contributed by atoms with E-state index in [0.717, 1.165) is 17.1 Å². The highest BCUT2D eigenvalue weighted by atomic mass is 15.1. The van der Waals surface area contributed by atoms with Crippen LogP contribution in [-0.2, 0) is 16.2 Å². The van der Waals surface area contributed by atoms with Crippen LogP contribution in [0, 0.1) is 0 Å². The van der Waals surface area contributed by atoms with Crippen LogP contribution in [0.2, 0.25) is 0 Å². The molecule has 3 aliphatic carbocycles. The normalized spacial score (nSPS) is 17.2. The number of hydrogen-bond donors (Lipinski definition) is 0. The van der Waals surface area contributed by atoms with Gasteiger partial charge in [-0.05, 0) is 156 Å². The minimum Gasteiger partial charge on any atom is -0.310 e. The van der Waals surface area contributed by atoms with E-state index in [2.05, 4.69) is 292 Å². The molecule has 0 saturated heterocycles. The van der Waals surface area contributed by atoms with Crippen molar-refractivity contribution in [3.63, 3.8) is 0 Å². The van der Waals surface area contributed by atoms with Crippen molar-refractivity contribution in [3.05, 3.63) is 329 Å². The molecule has 0 bridgehead atoms. The Morgan fingerprint density at radius 2 is 0.569 bits per heavy atom. The summed E-state index contributed by atoms with van der Waals surface area (Å²) in [6, 6.07) is 102. The minimum atomic E-state index is -0.535. The summed E-state index contributed by atoms with van der Waals surface area (Å²) < 4.78 is 0. The van der Waals surface area contributed by atoms with E-state index < -0.39 is 5.41 Å². The Hall–Kier alpha value is -8.78. The lowest BCUT2D eigenvalue weighted by Gasteiger charge is -2.35. The Bertz CT molecular complexity index is 3840. The molecule has 0 aliphatic heterocycles. The van der Waals surface area contributed by atoms with Crippen LogP contribution in [-0.4, -0.2) is 0 Å². The predicted octanol–water partition coefficient (Wildman–Crippen LogP) is 17.9. The highest BCUT2D eigenvalue weighted by molar-refractivity contribution is 5.92. The van der Waals surface area contributed by atoms with Gasteiger partial charge in [-0.15, -0.1) is 0 Å². The quantitative estimate of drug-likeness (QED) is 0.147. The molecule has 72 heavy (non-hydrogen) atoms. The Morgan fingerprint density at radius 1 is 0.236 bits per heavy atom. The lowest BCUT2D eigenvalue weighted by atomic mass is 9.67. The van der Waals surface area contributed by atoms with Crippen LogP contribution >= 0.6 is 0 Å². The van der Waals surface area contributed by atoms with E-state index in [4.69, 9.17) is 0 Å². The van der Waals surface area contributed by atoms with E-state index in [-0.39, 0.29) is 10.8 Å². The van der Waals surface area contributed by atoms with Gasteiger partial charge in [-0.1, -0.05) is 231 Å². The predicted molar refractivity (Wildman–Crippen MR) is 299 cm³/mol. The molecule has 11 aromatic rings. The fourth-order valence-corrected chi connectivity index (χ4v) is 13.3. The lowest BCUT2D eigenvalue weighted by molar-refractivity contribution is 0.714. The third kappa shape index (κ3) is 5.95. The number of benzene rings is 11. The molecule has 0 spiro atoms. The highest BCUT2D eigenvalue weighted by Crippen LogP contribution is 2.59. The van der Waals surface area contributed by atoms with Crippen LogP contribution in [0.3, 0.4) is 0 Å². The van der Waals surface area contributed by atoms with E-state index in [0.29, 0.717) is 0 Å². The molecule has 2 atom stereocenters. The van der Waals surface area contributed by atoms with Gasteiger partial charge in [0.25, 0.3) is 0 Å². The smallest absolute Gasteiger partial charge is 0.0714 e. The molecule has 0 N–H and O–H groups in total. The highest BCUT2D eigenvalue weighted by Gasteiger charge is 2.47. The monoisotopic (exact) mass is 917 g/mol. The maximum atomic E-state index is 2.49. The third-order valence-corrected chi connectivity index (χ3v) is 16.7. The molecule has 1 heteroatoms. The van der Waals surface area contributed by atoms with Gasteiger partial charge in [0, 0.05) is 27.9 Å². The standard InChI is InChI=1S/C71H51N/c1-69(50-21-7-3-8-22-50)63-32-18-15-29-57(63)60-42-37-49(45-66(60)69)48-35-38-54(39-36-48)72(55-40-43-61-58-30-16-19-33-64(58)70(2,67(61)46-55)51-23-9-4-10-24-51)56-41-44-62-59-31-17-20-34-65(59)71(68(62)47-56,52-25-11-5-12-26-52)53-27-13-6-14-28-53/h3-47H,1-2H3. The summed E-state index contributed by atoms with van der Waals surface area (Å²) in [5.74, 6) is 0. The molecule has 1 nitrogen and oxygen atoms in total. The Morgan fingerprint density at radius 3 is 1.07 bits per heavy atom. The molecule has 0 aromatic heterocycles. The van der Waals surface area contributed by atoms with Gasteiger partial charge in [-0.3, -0.25) is 0 Å². The van der Waals surface area contributed by atoms with Crippen LogP contribution in [0.25, 0.3) is 44.5 Å². The first-order chi connectivity index (χ1) is 35.5. The first-order valence-electron chi connectivity index (χ1n) is 25.3. The molecule has 0 amide bonds. The van der Waals surface area contributed by atoms with Crippen molar-refractivity contribution in [2.24, 2.45) is 0 Å². The third-order valence-electron chi connectivity index (χ3n) is 16.7. The maximum absolute atomic E-state index is 2.49. The second-order valence-corrected chi connectivity index (χ2v) is 20.2. The summed E-state index contributed by atoms with van der Waals surface area (Å²) in [4.78, 5) is 2.49. The van der Waals surface area contributed by atoms with Crippen LogP contribution in [0.4, 0.5) is 17.1 Å². The Balaban J connectivity index is 0.964. The molecule has 14 rings (SSSR count). The summed E-state index contributed by atoms with van der Waals surface area (Å²) in [5.41, 5.74) is 25.4. The second kappa shape index (κ2) is 16.1. The number of anilines is 3. The zero-order chi connectivity index (χ0) is 48.0. The summed E-state index contributed by atoms with van der Waals surface area (Å²) in [7, 11) is 0. The zero-order valence-electron chi connectivity index (χ0n) is 40.4. The van der Waals surface area contributed by atoms with Gasteiger partial charge in [0.15, 0.2) is 0 Å². The van der Waals surface area contributed by atoms with Crippen molar-refractivity contribution >= 4 is 17.1 Å². The second-order valence-electron chi connectivity index (χ2n) is 20.2. The number of fused-ring (bicyclic) bond motifs is 9. The molecule has 3 aliphatic rings. The van der Waals surface area contributed by atoms with Gasteiger partial charge in [0.05, 0.1) is 5.41 Å². The number of rotatable bonds is 8. The van der Waals surface area contributed by atoms with Crippen LogP contribution in [0.1, 0.15) is 69.5 Å². The average molecular weight is 918 g/mol. The van der Waals surface area contributed by atoms with Crippen molar-refractivity contribution in [3.8, 4) is 44.5 Å². The van der Waals surface area contributed by atoms with Gasteiger partial charge in [0.1, 0.15) is 0 Å². The topological polar surface area (TPSA) is 3.24 Å². The van der Waals surface area contributed by atoms with Crippen molar-refractivity contribution in [2.45, 2.75) is 30.1 Å². The SMILES string of the molecule is CC1(c2ccccc2)c2ccccc2-c2ccc(-c3ccc(N(c4ccc5c(c4)C(C)(c4ccccc4)c4ccccc4-5)c4ccc5c(c4)C(c4ccccc4)(c4ccccc4)c4ccccc4-5)cc3)cc21. The Kier molecular flexibility index (Phi) is 9.44. The van der Waals surface area contributed by atoms with Crippen molar-refractivity contribution < 1.29 is 0 Å². The van der Waals surface area contributed by atoms with Crippen LogP contribution < -0.4 is 4.90 Å². The fraction of sp³-hybridized carbons (Fsp3) is 0.0704. The molecule has 0 fully saturated rings. The number of nitrogens with zero attached hydrogens (tertiary/aromatic N) is 1. The van der Waals surface area contributed by atoms with Gasteiger partial charge in [0.2, 0.25) is 0 Å². The van der Waals surface area contributed by atoms with Crippen molar-refractivity contribution in [2.75, 3.05) is 4.90 Å². The molecule has 0 radical (unpaired) electrons. The lowest BCUT2D eigenvalue weighted by Crippen LogP contribution is -2.28. The van der Waals surface area contributed by atoms with E-state index in [1.165, 1.54) is 100 Å². The largest absolute Gasteiger partial charge is 0.310 e. The van der Waals surface area contributed by atoms with Crippen LogP contribution in [0.5, 0.6) is 0 Å². The zero-order valence-corrected chi connectivity index (χ0v) is 40.4. The fourth-order valence-electron chi connectivity index (χ4n) is 13.3. The molecular formula is C71H51N. The molecule has 340 valence electrons. The minimum absolute atomic E-state index is 0.274. The van der Waals surface area contributed by atoms with Crippen LogP contribution in [0.15, 0.2) is 273 Å². The van der Waals surface area contributed by atoms with E-state index in [1.807, 2.05) is 0 Å². The summed E-state index contributed by atoms with van der Waals surface area (Å²) in [5, 5.41) is 0. The van der Waals surface area contributed by atoms with Crippen molar-refractivity contribution in [1.82, 2.24) is 0 Å².